The van der Waals surface area contributed by atoms with Crippen molar-refractivity contribution in [1.29, 1.82) is 0 Å². The molecule has 1 amide bonds. The maximum Gasteiger partial charge on any atom is 0.250 e. The van der Waals surface area contributed by atoms with Gasteiger partial charge in [0, 0.05) is 10.5 Å². The van der Waals surface area contributed by atoms with Crippen LogP contribution in [0.2, 0.25) is 0 Å². The number of amides is 1. The monoisotopic (exact) mass is 374 g/mol. The summed E-state index contributed by atoms with van der Waals surface area (Å²) < 4.78 is 0.893. The molecule has 0 unspecified atom stereocenters. The Kier molecular flexibility index (Phi) is 5.86. The quantitative estimate of drug-likeness (QED) is 0.621. The minimum absolute atomic E-state index is 0.257. The molecule has 2 aromatic carbocycles. The van der Waals surface area contributed by atoms with Gasteiger partial charge in [-0.25, -0.2) is 0 Å². The normalized spacial score (nSPS) is 10.5. The molecule has 3 nitrogen and oxygen atoms in total. The predicted octanol–water partition coefficient (Wildman–Crippen LogP) is 4.28. The van der Waals surface area contributed by atoms with E-state index in [-0.39, 0.29) is 11.0 Å². The zero-order valence-corrected chi connectivity index (χ0v) is 14.4. The van der Waals surface area contributed by atoms with E-state index in [1.54, 1.807) is 6.08 Å². The first-order valence-electron chi connectivity index (χ1n) is 6.66. The van der Waals surface area contributed by atoms with E-state index in [1.807, 2.05) is 55.5 Å². The standard InChI is InChI=1S/C17H15BrN2OS/c1-12-7-9-15(14(18)11-12)19-17(22)20-16(21)10-8-13-5-3-2-4-6-13/h2-11H,1H3,(H2,19,20,21,22)/b10-8+. The molecular formula is C17H15BrN2OS. The number of benzene rings is 2. The van der Waals surface area contributed by atoms with E-state index in [0.29, 0.717) is 0 Å². The van der Waals surface area contributed by atoms with Gasteiger partial charge in [-0.15, -0.1) is 0 Å². The molecule has 0 spiro atoms. The van der Waals surface area contributed by atoms with Gasteiger partial charge in [0.25, 0.3) is 0 Å². The summed E-state index contributed by atoms with van der Waals surface area (Å²) in [4.78, 5) is 11.8. The molecule has 0 aromatic heterocycles. The van der Waals surface area contributed by atoms with Gasteiger partial charge in [-0.2, -0.15) is 0 Å². The third-order valence-corrected chi connectivity index (χ3v) is 3.70. The number of anilines is 1. The van der Waals surface area contributed by atoms with Gasteiger partial charge in [0.2, 0.25) is 5.91 Å². The molecule has 0 atom stereocenters. The minimum atomic E-state index is -0.274. The molecule has 0 aliphatic heterocycles. The molecule has 2 N–H and O–H groups in total. The Labute approximate surface area is 143 Å². The number of nitrogens with one attached hydrogen (secondary N) is 2. The van der Waals surface area contributed by atoms with Crippen LogP contribution in [-0.2, 0) is 4.79 Å². The van der Waals surface area contributed by atoms with Crippen molar-refractivity contribution in [1.82, 2.24) is 5.32 Å². The van der Waals surface area contributed by atoms with Gasteiger partial charge >= 0.3 is 0 Å². The fourth-order valence-electron chi connectivity index (χ4n) is 1.76. The summed E-state index contributed by atoms with van der Waals surface area (Å²) in [6.45, 7) is 2.00. The fraction of sp³-hybridized carbons (Fsp3) is 0.0588. The van der Waals surface area contributed by atoms with Gasteiger partial charge in [-0.05, 0) is 64.4 Å². The molecule has 0 fully saturated rings. The van der Waals surface area contributed by atoms with E-state index >= 15 is 0 Å². The smallest absolute Gasteiger partial charge is 0.250 e. The van der Waals surface area contributed by atoms with Crippen LogP contribution in [0.5, 0.6) is 0 Å². The molecule has 2 rings (SSSR count). The molecule has 0 radical (unpaired) electrons. The van der Waals surface area contributed by atoms with Crippen molar-refractivity contribution in [2.45, 2.75) is 6.92 Å². The minimum Gasteiger partial charge on any atom is -0.331 e. The predicted molar refractivity (Wildman–Crippen MR) is 98.7 cm³/mol. The van der Waals surface area contributed by atoms with Gasteiger partial charge in [-0.3, -0.25) is 10.1 Å². The van der Waals surface area contributed by atoms with Crippen molar-refractivity contribution in [3.63, 3.8) is 0 Å². The average molecular weight is 375 g/mol. The molecule has 5 heteroatoms. The molecule has 0 saturated heterocycles. The molecule has 0 aliphatic rings. The highest BCUT2D eigenvalue weighted by Gasteiger charge is 2.04. The maximum absolute atomic E-state index is 11.8. The lowest BCUT2D eigenvalue weighted by Crippen LogP contribution is -2.32. The average Bonchev–Trinajstić information content (AvgIpc) is 2.49. The molecule has 0 heterocycles. The Morgan fingerprint density at radius 1 is 1.18 bits per heavy atom. The topological polar surface area (TPSA) is 41.1 Å². The summed E-state index contributed by atoms with van der Waals surface area (Å²) in [5.41, 5.74) is 2.90. The number of carbonyl (C=O) groups excluding carboxylic acids is 1. The Hall–Kier alpha value is -1.98. The van der Waals surface area contributed by atoms with Gasteiger partial charge in [0.05, 0.1) is 5.69 Å². The van der Waals surface area contributed by atoms with Crippen LogP contribution in [-0.4, -0.2) is 11.0 Å². The first kappa shape index (κ1) is 16.4. The van der Waals surface area contributed by atoms with Crippen LogP contribution < -0.4 is 10.6 Å². The van der Waals surface area contributed by atoms with Crippen LogP contribution in [0.15, 0.2) is 59.1 Å². The molecule has 0 saturated carbocycles. The maximum atomic E-state index is 11.8. The fourth-order valence-corrected chi connectivity index (χ4v) is 2.57. The SMILES string of the molecule is Cc1ccc(NC(=S)NC(=O)/C=C/c2ccccc2)c(Br)c1. The van der Waals surface area contributed by atoms with Crippen LogP contribution in [0.25, 0.3) is 6.08 Å². The van der Waals surface area contributed by atoms with Crippen LogP contribution in [0.4, 0.5) is 5.69 Å². The molecular weight excluding hydrogens is 360 g/mol. The lowest BCUT2D eigenvalue weighted by molar-refractivity contribution is -0.115. The van der Waals surface area contributed by atoms with Crippen molar-refractivity contribution in [3.8, 4) is 0 Å². The first-order valence-corrected chi connectivity index (χ1v) is 7.86. The van der Waals surface area contributed by atoms with Gasteiger partial charge in [0.1, 0.15) is 0 Å². The lowest BCUT2D eigenvalue weighted by atomic mass is 10.2. The summed E-state index contributed by atoms with van der Waals surface area (Å²) in [7, 11) is 0. The Morgan fingerprint density at radius 2 is 1.91 bits per heavy atom. The Bertz CT molecular complexity index is 714. The van der Waals surface area contributed by atoms with Crippen LogP contribution in [0, 0.1) is 6.92 Å². The van der Waals surface area contributed by atoms with Crippen molar-refractivity contribution in [2.75, 3.05) is 5.32 Å². The molecule has 0 bridgehead atoms. The third kappa shape index (κ3) is 5.09. The van der Waals surface area contributed by atoms with Crippen LogP contribution in [0.1, 0.15) is 11.1 Å². The van der Waals surface area contributed by atoms with Crippen LogP contribution in [0.3, 0.4) is 0 Å². The summed E-state index contributed by atoms with van der Waals surface area (Å²) in [6, 6.07) is 15.4. The first-order chi connectivity index (χ1) is 10.5. The van der Waals surface area contributed by atoms with E-state index in [4.69, 9.17) is 12.2 Å². The third-order valence-electron chi connectivity index (χ3n) is 2.84. The molecule has 2 aromatic rings. The lowest BCUT2D eigenvalue weighted by Gasteiger charge is -2.10. The molecule has 0 aliphatic carbocycles. The largest absolute Gasteiger partial charge is 0.331 e. The zero-order chi connectivity index (χ0) is 15.9. The Balaban J connectivity index is 1.91. The zero-order valence-electron chi connectivity index (χ0n) is 12.0. The van der Waals surface area contributed by atoms with E-state index in [0.717, 1.165) is 21.3 Å². The number of rotatable bonds is 3. The van der Waals surface area contributed by atoms with Crippen molar-refractivity contribution in [2.24, 2.45) is 0 Å². The van der Waals surface area contributed by atoms with Crippen LogP contribution >= 0.6 is 28.1 Å². The highest BCUT2D eigenvalue weighted by atomic mass is 79.9. The van der Waals surface area contributed by atoms with E-state index in [9.17, 15) is 4.79 Å². The second-order valence-electron chi connectivity index (χ2n) is 4.67. The number of hydrogen-bond donors (Lipinski definition) is 2. The van der Waals surface area contributed by atoms with E-state index < -0.39 is 0 Å². The van der Waals surface area contributed by atoms with Gasteiger partial charge in [-0.1, -0.05) is 36.4 Å². The highest BCUT2D eigenvalue weighted by Crippen LogP contribution is 2.23. The van der Waals surface area contributed by atoms with Crippen molar-refractivity contribution in [3.05, 3.63) is 70.2 Å². The highest BCUT2D eigenvalue weighted by molar-refractivity contribution is 9.10. The van der Waals surface area contributed by atoms with Crippen molar-refractivity contribution >= 4 is 50.9 Å². The Morgan fingerprint density at radius 3 is 2.59 bits per heavy atom. The number of aryl methyl sites for hydroxylation is 1. The van der Waals surface area contributed by atoms with E-state index in [2.05, 4.69) is 26.6 Å². The second kappa shape index (κ2) is 7.87. The summed E-state index contributed by atoms with van der Waals surface area (Å²) in [5.74, 6) is -0.274. The summed E-state index contributed by atoms with van der Waals surface area (Å²) in [6.07, 6.45) is 3.19. The molecule has 22 heavy (non-hydrogen) atoms. The number of hydrogen-bond acceptors (Lipinski definition) is 2. The number of thiocarbonyl (C=S) groups is 1. The molecule has 112 valence electrons. The summed E-state index contributed by atoms with van der Waals surface area (Å²) >= 11 is 8.59. The second-order valence-corrected chi connectivity index (χ2v) is 5.93. The summed E-state index contributed by atoms with van der Waals surface area (Å²) in [5, 5.41) is 5.86. The van der Waals surface area contributed by atoms with Gasteiger partial charge in [0.15, 0.2) is 5.11 Å². The van der Waals surface area contributed by atoms with Crippen molar-refractivity contribution < 1.29 is 4.79 Å². The van der Waals surface area contributed by atoms with E-state index in [1.165, 1.54) is 6.08 Å². The van der Waals surface area contributed by atoms with Gasteiger partial charge < -0.3 is 5.32 Å². The number of carbonyl (C=O) groups is 1. The number of halogens is 1.